The lowest BCUT2D eigenvalue weighted by molar-refractivity contribution is 0.459. The minimum Gasteiger partial charge on any atom is -0.0691 e. The van der Waals surface area contributed by atoms with Crippen molar-refractivity contribution in [3.05, 3.63) is 71.8 Å². The molecule has 0 saturated carbocycles. The van der Waals surface area contributed by atoms with Gasteiger partial charge < -0.3 is 0 Å². The molecule has 2 aromatic rings. The summed E-state index contributed by atoms with van der Waals surface area (Å²) in [5.74, 6) is 0.711. The zero-order valence-corrected chi connectivity index (χ0v) is 18.5. The Morgan fingerprint density at radius 1 is 0.808 bits per heavy atom. The van der Waals surface area contributed by atoms with Crippen LogP contribution in [0.1, 0.15) is 49.9 Å². The maximum absolute atomic E-state index is 2.64. The lowest BCUT2D eigenvalue weighted by Gasteiger charge is -2.51. The smallest absolute Gasteiger partial charge is 0.0691 e. The molecule has 2 atom stereocenters. The summed E-state index contributed by atoms with van der Waals surface area (Å²) in [6.07, 6.45) is 2.72. The van der Waals surface area contributed by atoms with Gasteiger partial charge in [0, 0.05) is 0 Å². The van der Waals surface area contributed by atoms with Crippen molar-refractivity contribution in [2.75, 3.05) is 0 Å². The molecule has 0 N–H and O–H groups in total. The van der Waals surface area contributed by atoms with Crippen LogP contribution in [0, 0.1) is 5.92 Å². The van der Waals surface area contributed by atoms with Gasteiger partial charge in [0.2, 0.25) is 0 Å². The van der Waals surface area contributed by atoms with E-state index < -0.39 is 8.07 Å². The van der Waals surface area contributed by atoms with Crippen LogP contribution < -0.4 is 0 Å². The summed E-state index contributed by atoms with van der Waals surface area (Å²) in [4.78, 5) is 0. The van der Waals surface area contributed by atoms with Crippen LogP contribution in [0.3, 0.4) is 0 Å². The second-order valence-corrected chi connectivity index (χ2v) is 14.9. The first-order valence-electron chi connectivity index (χ1n) is 10.3. The van der Waals surface area contributed by atoms with Crippen molar-refractivity contribution < 1.29 is 0 Å². The Kier molecular flexibility index (Phi) is 5.53. The first kappa shape index (κ1) is 19.5. The van der Waals surface area contributed by atoms with Crippen LogP contribution in [-0.4, -0.2) is 14.8 Å². The zero-order chi connectivity index (χ0) is 18.9. The van der Waals surface area contributed by atoms with Crippen molar-refractivity contribution in [2.24, 2.45) is 5.92 Å². The Morgan fingerprint density at radius 3 is 1.54 bits per heavy atom. The Labute approximate surface area is 162 Å². The molecule has 3 rings (SSSR count). The number of hydrogen-bond acceptors (Lipinski definition) is 0. The predicted molar refractivity (Wildman–Crippen MR) is 120 cm³/mol. The molecule has 1 saturated heterocycles. The molecular weight excluding hydrogens is 327 g/mol. The monoisotopic (exact) mass is 362 g/mol. The highest BCUT2D eigenvalue weighted by atomic mass is 28.3. The molecule has 0 aliphatic carbocycles. The second kappa shape index (κ2) is 7.39. The van der Waals surface area contributed by atoms with E-state index >= 15 is 0 Å². The topological polar surface area (TPSA) is 0 Å². The zero-order valence-electron chi connectivity index (χ0n) is 17.5. The number of rotatable bonds is 4. The first-order valence-corrected chi connectivity index (χ1v) is 13.5. The molecule has 1 fully saturated rings. The van der Waals surface area contributed by atoms with E-state index in [4.69, 9.17) is 0 Å². The fourth-order valence-corrected chi connectivity index (χ4v) is 9.47. The summed E-state index contributed by atoms with van der Waals surface area (Å²) < 4.78 is 0. The van der Waals surface area contributed by atoms with Crippen LogP contribution in [-0.2, 0) is 0 Å². The Morgan fingerprint density at radius 2 is 1.19 bits per heavy atom. The van der Waals surface area contributed by atoms with Crippen LogP contribution in [0.4, 0.5) is 0 Å². The highest BCUT2D eigenvalue weighted by Gasteiger charge is 2.51. The summed E-state index contributed by atoms with van der Waals surface area (Å²) in [6.45, 7) is 15.9. The number of benzene rings is 2. The van der Waals surface area contributed by atoms with E-state index in [0.29, 0.717) is 11.2 Å². The van der Waals surface area contributed by atoms with Gasteiger partial charge in [0.15, 0.2) is 0 Å². The predicted octanol–water partition coefficient (Wildman–Crippen LogP) is 7.29. The summed E-state index contributed by atoms with van der Waals surface area (Å²) in [5.41, 5.74) is 4.64. The molecule has 0 amide bonds. The van der Waals surface area contributed by atoms with E-state index in [2.05, 4.69) is 101 Å². The van der Waals surface area contributed by atoms with Crippen molar-refractivity contribution in [3.63, 3.8) is 0 Å². The van der Waals surface area contributed by atoms with Gasteiger partial charge in [0.05, 0.1) is 8.07 Å². The van der Waals surface area contributed by atoms with E-state index in [-0.39, 0.29) is 0 Å². The third kappa shape index (κ3) is 3.58. The Bertz CT molecular complexity index is 654. The van der Waals surface area contributed by atoms with Gasteiger partial charge in [-0.2, -0.15) is 0 Å². The largest absolute Gasteiger partial charge is 0.146 e. The van der Waals surface area contributed by atoms with Crippen LogP contribution >= 0.6 is 0 Å². The summed E-state index contributed by atoms with van der Waals surface area (Å²) in [7, 11) is -1.49. The normalized spacial score (nSPS) is 23.3. The molecule has 0 spiro atoms. The lowest BCUT2D eigenvalue weighted by atomic mass is 9.27. The van der Waals surface area contributed by atoms with Crippen molar-refractivity contribution in [3.8, 4) is 0 Å². The van der Waals surface area contributed by atoms with Crippen LogP contribution in [0.15, 0.2) is 60.7 Å². The molecule has 2 heteroatoms. The molecule has 0 aromatic heterocycles. The fourth-order valence-electron chi connectivity index (χ4n) is 5.10. The molecule has 0 nitrogen and oxygen atoms in total. The van der Waals surface area contributed by atoms with E-state index in [0.717, 1.165) is 17.8 Å². The standard InChI is InChI=1S/C24H35BSi/c1-19(2)24(3,4)25-17-22(20-13-9-7-10-14-20)26(5,6)23(18-25)21-15-11-8-12-16-21/h7-16,19,22-23H,17-18H2,1-6H3/t22-,23+. The van der Waals surface area contributed by atoms with Crippen LogP contribution in [0.25, 0.3) is 0 Å². The van der Waals surface area contributed by atoms with Gasteiger partial charge in [0.25, 0.3) is 0 Å². The van der Waals surface area contributed by atoms with Gasteiger partial charge in [-0.15, -0.1) is 0 Å². The lowest BCUT2D eigenvalue weighted by Crippen LogP contribution is -2.52. The SMILES string of the molecule is CC(C)C(C)(C)B1C[C@H](c2ccccc2)[Si](C)(C)[C@H](c2ccccc2)C1. The highest BCUT2D eigenvalue weighted by molar-refractivity contribution is 6.85. The fraction of sp³-hybridized carbons (Fsp3) is 0.500. The third-order valence-electron chi connectivity index (χ3n) is 7.78. The molecular formula is C24H35BSi. The molecule has 1 aliphatic heterocycles. The van der Waals surface area contributed by atoms with Crippen molar-refractivity contribution >= 4 is 14.8 Å². The van der Waals surface area contributed by atoms with Gasteiger partial charge in [-0.3, -0.25) is 0 Å². The van der Waals surface area contributed by atoms with Gasteiger partial charge in [0.1, 0.15) is 6.71 Å². The maximum Gasteiger partial charge on any atom is 0.146 e. The third-order valence-corrected chi connectivity index (χ3v) is 12.5. The first-order chi connectivity index (χ1) is 12.2. The average molecular weight is 362 g/mol. The highest BCUT2D eigenvalue weighted by Crippen LogP contribution is 2.54. The summed E-state index contributed by atoms with van der Waals surface area (Å²) in [5, 5.41) is 0.380. The quantitative estimate of drug-likeness (QED) is 0.501. The van der Waals surface area contributed by atoms with E-state index in [1.165, 1.54) is 12.6 Å². The van der Waals surface area contributed by atoms with Crippen molar-refractivity contribution in [2.45, 2.75) is 69.8 Å². The minimum absolute atomic E-state index is 0.380. The van der Waals surface area contributed by atoms with Gasteiger partial charge in [-0.1, -0.05) is 119 Å². The molecule has 1 aliphatic rings. The van der Waals surface area contributed by atoms with Gasteiger partial charge in [-0.25, -0.2) is 0 Å². The minimum atomic E-state index is -1.49. The molecule has 0 radical (unpaired) electrons. The Balaban J connectivity index is 2.06. The second-order valence-electron chi connectivity index (χ2n) is 9.89. The average Bonchev–Trinajstić information content (AvgIpc) is 2.62. The van der Waals surface area contributed by atoms with Crippen molar-refractivity contribution in [1.82, 2.24) is 0 Å². The van der Waals surface area contributed by atoms with Crippen LogP contribution in [0.5, 0.6) is 0 Å². The summed E-state index contributed by atoms with van der Waals surface area (Å²) in [6, 6.07) is 22.8. The molecule has 138 valence electrons. The van der Waals surface area contributed by atoms with Gasteiger partial charge in [-0.05, 0) is 28.1 Å². The van der Waals surface area contributed by atoms with Crippen molar-refractivity contribution in [1.29, 1.82) is 0 Å². The Hall–Kier alpha value is -1.28. The molecule has 0 unspecified atom stereocenters. The molecule has 1 heterocycles. The van der Waals surface area contributed by atoms with E-state index in [9.17, 15) is 0 Å². The van der Waals surface area contributed by atoms with Crippen LogP contribution in [0.2, 0.25) is 31.0 Å². The van der Waals surface area contributed by atoms with Gasteiger partial charge >= 0.3 is 0 Å². The molecule has 26 heavy (non-hydrogen) atoms. The number of hydrogen-bond donors (Lipinski definition) is 0. The van der Waals surface area contributed by atoms with E-state index in [1.807, 2.05) is 0 Å². The molecule has 0 bridgehead atoms. The maximum atomic E-state index is 2.64. The summed E-state index contributed by atoms with van der Waals surface area (Å²) >= 11 is 0. The molecule has 2 aromatic carbocycles. The van der Waals surface area contributed by atoms with E-state index in [1.54, 1.807) is 11.1 Å².